The molecule has 0 fully saturated rings. The maximum Gasteiger partial charge on any atom is 0.137 e. The van der Waals surface area contributed by atoms with Crippen molar-refractivity contribution in [3.05, 3.63) is 45.4 Å². The Hall–Kier alpha value is -1.14. The van der Waals surface area contributed by atoms with Gasteiger partial charge in [0.15, 0.2) is 0 Å². The Labute approximate surface area is 108 Å². The van der Waals surface area contributed by atoms with Crippen molar-refractivity contribution in [2.45, 2.75) is 6.04 Å². The van der Waals surface area contributed by atoms with E-state index in [1.54, 1.807) is 30.8 Å². The number of ether oxygens (including phenoxy) is 1. The maximum absolute atomic E-state index is 6.10. The number of pyridine rings is 1. The van der Waals surface area contributed by atoms with Crippen LogP contribution >= 0.6 is 22.9 Å². The lowest BCUT2D eigenvalue weighted by Gasteiger charge is -2.15. The van der Waals surface area contributed by atoms with E-state index in [9.17, 15) is 0 Å². The van der Waals surface area contributed by atoms with Gasteiger partial charge in [0.25, 0.3) is 0 Å². The number of hydrazine groups is 1. The Balaban J connectivity index is 2.38. The van der Waals surface area contributed by atoms with Gasteiger partial charge in [-0.15, -0.1) is 11.3 Å². The van der Waals surface area contributed by atoms with E-state index in [0.717, 1.165) is 10.4 Å². The van der Waals surface area contributed by atoms with Crippen molar-refractivity contribution in [2.75, 3.05) is 7.11 Å². The second-order valence-electron chi connectivity index (χ2n) is 3.39. The van der Waals surface area contributed by atoms with Gasteiger partial charge in [0.2, 0.25) is 0 Å². The van der Waals surface area contributed by atoms with Gasteiger partial charge in [-0.25, -0.2) is 5.43 Å². The molecule has 0 spiro atoms. The molecule has 4 nitrogen and oxygen atoms in total. The zero-order valence-electron chi connectivity index (χ0n) is 9.18. The van der Waals surface area contributed by atoms with Gasteiger partial charge in [0.1, 0.15) is 5.75 Å². The van der Waals surface area contributed by atoms with Crippen molar-refractivity contribution in [1.29, 1.82) is 0 Å². The average molecular weight is 270 g/mol. The van der Waals surface area contributed by atoms with Gasteiger partial charge >= 0.3 is 0 Å². The summed E-state index contributed by atoms with van der Waals surface area (Å²) in [5.41, 5.74) is 3.66. The van der Waals surface area contributed by atoms with E-state index in [1.165, 1.54) is 0 Å². The first kappa shape index (κ1) is 12.3. The number of hydrogen-bond acceptors (Lipinski definition) is 5. The molecule has 90 valence electrons. The highest BCUT2D eigenvalue weighted by Crippen LogP contribution is 2.32. The summed E-state index contributed by atoms with van der Waals surface area (Å²) in [6, 6.07) is 3.55. The number of rotatable bonds is 4. The van der Waals surface area contributed by atoms with Crippen LogP contribution in [0.5, 0.6) is 5.75 Å². The summed E-state index contributed by atoms with van der Waals surface area (Å²) < 4.78 is 5.14. The molecule has 1 unspecified atom stereocenters. The van der Waals surface area contributed by atoms with Crippen LogP contribution in [0.25, 0.3) is 0 Å². The lowest BCUT2D eigenvalue weighted by atomic mass is 10.1. The number of aromatic nitrogens is 1. The van der Waals surface area contributed by atoms with Gasteiger partial charge in [-0.3, -0.25) is 10.8 Å². The molecule has 0 bridgehead atoms. The van der Waals surface area contributed by atoms with E-state index < -0.39 is 0 Å². The molecule has 0 saturated carbocycles. The predicted molar refractivity (Wildman–Crippen MR) is 69.3 cm³/mol. The summed E-state index contributed by atoms with van der Waals surface area (Å²) in [5, 5.41) is 2.62. The van der Waals surface area contributed by atoms with Crippen LogP contribution in [0.2, 0.25) is 5.02 Å². The highest BCUT2D eigenvalue weighted by Gasteiger charge is 2.17. The van der Waals surface area contributed by atoms with Gasteiger partial charge in [-0.1, -0.05) is 11.6 Å². The van der Waals surface area contributed by atoms with Gasteiger partial charge in [-0.05, 0) is 23.1 Å². The zero-order valence-corrected chi connectivity index (χ0v) is 10.8. The summed E-state index contributed by atoms with van der Waals surface area (Å²) in [4.78, 5) is 5.07. The summed E-state index contributed by atoms with van der Waals surface area (Å²) in [5.74, 6) is 6.28. The smallest absolute Gasteiger partial charge is 0.137 e. The first-order chi connectivity index (χ1) is 8.26. The fraction of sp³-hybridized carbons (Fsp3) is 0.182. The first-order valence-corrected chi connectivity index (χ1v) is 6.20. The molecule has 0 amide bonds. The summed E-state index contributed by atoms with van der Waals surface area (Å²) in [6.45, 7) is 0. The molecule has 2 rings (SSSR count). The molecule has 17 heavy (non-hydrogen) atoms. The maximum atomic E-state index is 6.10. The molecule has 0 aromatic carbocycles. The highest BCUT2D eigenvalue weighted by molar-refractivity contribution is 7.10. The molecule has 2 aromatic heterocycles. The highest BCUT2D eigenvalue weighted by atomic mass is 35.5. The number of hydrogen-bond donors (Lipinski definition) is 2. The largest absolute Gasteiger partial charge is 0.495 e. The van der Waals surface area contributed by atoms with Crippen LogP contribution in [0.1, 0.15) is 16.5 Å². The third-order valence-electron chi connectivity index (χ3n) is 2.38. The second-order valence-corrected chi connectivity index (χ2v) is 4.75. The first-order valence-electron chi connectivity index (χ1n) is 4.94. The van der Waals surface area contributed by atoms with E-state index in [1.807, 2.05) is 17.5 Å². The summed E-state index contributed by atoms with van der Waals surface area (Å²) in [7, 11) is 1.60. The van der Waals surface area contributed by atoms with E-state index in [4.69, 9.17) is 22.2 Å². The molecule has 1 atom stereocenters. The van der Waals surface area contributed by atoms with Crippen LogP contribution in [-0.4, -0.2) is 12.1 Å². The van der Waals surface area contributed by atoms with E-state index >= 15 is 0 Å². The fourth-order valence-corrected chi connectivity index (χ4v) is 2.79. The molecule has 3 N–H and O–H groups in total. The zero-order chi connectivity index (χ0) is 12.3. The van der Waals surface area contributed by atoms with Crippen LogP contribution < -0.4 is 16.0 Å². The summed E-state index contributed by atoms with van der Waals surface area (Å²) in [6.07, 6.45) is 3.39. The molecular weight excluding hydrogens is 258 g/mol. The third-order valence-corrected chi connectivity index (χ3v) is 3.80. The Morgan fingerprint density at radius 3 is 2.94 bits per heavy atom. The van der Waals surface area contributed by atoms with E-state index in [-0.39, 0.29) is 6.04 Å². The molecular formula is C11H12ClN3OS. The SMILES string of the molecule is COc1cncc(C(NN)c2sccc2Cl)c1. The number of nitrogens with one attached hydrogen (secondary N) is 1. The van der Waals surface area contributed by atoms with Crippen LogP contribution in [0, 0.1) is 0 Å². The average Bonchev–Trinajstić information content (AvgIpc) is 2.77. The van der Waals surface area contributed by atoms with Crippen LogP contribution in [0.15, 0.2) is 29.9 Å². The van der Waals surface area contributed by atoms with Crippen molar-refractivity contribution >= 4 is 22.9 Å². The lowest BCUT2D eigenvalue weighted by molar-refractivity contribution is 0.411. The van der Waals surface area contributed by atoms with E-state index in [0.29, 0.717) is 10.8 Å². The Morgan fingerprint density at radius 1 is 1.53 bits per heavy atom. The van der Waals surface area contributed by atoms with Crippen molar-refractivity contribution < 1.29 is 4.74 Å². The normalized spacial score (nSPS) is 12.4. The lowest BCUT2D eigenvalue weighted by Crippen LogP contribution is -2.28. The number of methoxy groups -OCH3 is 1. The van der Waals surface area contributed by atoms with Gasteiger partial charge < -0.3 is 4.74 Å². The number of nitrogens with two attached hydrogens (primary N) is 1. The molecule has 0 aliphatic heterocycles. The van der Waals surface area contributed by atoms with E-state index in [2.05, 4.69) is 10.4 Å². The Bertz CT molecular complexity index is 503. The third kappa shape index (κ3) is 2.58. The topological polar surface area (TPSA) is 60.2 Å². The van der Waals surface area contributed by atoms with Crippen molar-refractivity contribution in [2.24, 2.45) is 5.84 Å². The molecule has 0 saturated heterocycles. The number of thiophene rings is 1. The van der Waals surface area contributed by atoms with Gasteiger partial charge in [0, 0.05) is 11.1 Å². The minimum atomic E-state index is -0.176. The molecule has 0 aliphatic carbocycles. The predicted octanol–water partition coefficient (Wildman–Crippen LogP) is 2.36. The van der Waals surface area contributed by atoms with Crippen molar-refractivity contribution in [1.82, 2.24) is 10.4 Å². The standard InChI is InChI=1S/C11H12ClN3OS/c1-16-8-4-7(5-14-6-8)10(15-13)11-9(12)2-3-17-11/h2-6,10,15H,13H2,1H3. The molecule has 6 heteroatoms. The summed E-state index contributed by atoms with van der Waals surface area (Å²) >= 11 is 7.65. The van der Waals surface area contributed by atoms with Crippen molar-refractivity contribution in [3.63, 3.8) is 0 Å². The monoisotopic (exact) mass is 269 g/mol. The quantitative estimate of drug-likeness (QED) is 0.661. The van der Waals surface area contributed by atoms with Crippen molar-refractivity contribution in [3.8, 4) is 5.75 Å². The molecule has 2 heterocycles. The van der Waals surface area contributed by atoms with Gasteiger partial charge in [-0.2, -0.15) is 0 Å². The number of halogens is 1. The number of nitrogens with zero attached hydrogens (tertiary/aromatic N) is 1. The molecule has 0 aliphatic rings. The minimum absolute atomic E-state index is 0.176. The van der Waals surface area contributed by atoms with Gasteiger partial charge in [0.05, 0.1) is 24.4 Å². The van der Waals surface area contributed by atoms with Crippen LogP contribution in [-0.2, 0) is 0 Å². The second kappa shape index (κ2) is 5.46. The fourth-order valence-electron chi connectivity index (χ4n) is 1.54. The van der Waals surface area contributed by atoms with Crippen LogP contribution in [0.3, 0.4) is 0 Å². The Kier molecular flexibility index (Phi) is 3.96. The Morgan fingerprint density at radius 2 is 2.35 bits per heavy atom. The minimum Gasteiger partial charge on any atom is -0.495 e. The molecule has 2 aromatic rings. The molecule has 0 radical (unpaired) electrons. The van der Waals surface area contributed by atoms with Crippen LogP contribution in [0.4, 0.5) is 0 Å².